The van der Waals surface area contributed by atoms with Crippen LogP contribution in [0.15, 0.2) is 18.2 Å². The molecule has 1 aliphatic rings. The number of amides is 1. The number of benzene rings is 1. The molecule has 0 aliphatic heterocycles. The van der Waals surface area contributed by atoms with Gasteiger partial charge < -0.3 is 5.32 Å². The smallest absolute Gasteiger partial charge is 0.251 e. The van der Waals surface area contributed by atoms with Crippen molar-refractivity contribution in [3.05, 3.63) is 35.1 Å². The van der Waals surface area contributed by atoms with E-state index < -0.39 is 0 Å². The molecule has 1 aromatic carbocycles. The van der Waals surface area contributed by atoms with Crippen LogP contribution >= 0.6 is 11.8 Å². The maximum atomic E-state index is 13.1. The van der Waals surface area contributed by atoms with Crippen molar-refractivity contribution >= 4 is 17.7 Å². The highest BCUT2D eigenvalue weighted by Gasteiger charge is 2.27. The van der Waals surface area contributed by atoms with Gasteiger partial charge in [-0.2, -0.15) is 11.8 Å². The molecular weight excluding hydrogens is 249 g/mol. The fourth-order valence-corrected chi connectivity index (χ4v) is 3.35. The molecule has 0 radical (unpaired) electrons. The van der Waals surface area contributed by atoms with Crippen LogP contribution in [0.3, 0.4) is 0 Å². The molecule has 1 amide bonds. The number of aryl methyl sites for hydroxylation is 1. The van der Waals surface area contributed by atoms with Gasteiger partial charge in [0.15, 0.2) is 0 Å². The molecule has 18 heavy (non-hydrogen) atoms. The van der Waals surface area contributed by atoms with Gasteiger partial charge in [0.25, 0.3) is 5.91 Å². The first kappa shape index (κ1) is 13.4. The van der Waals surface area contributed by atoms with Crippen LogP contribution in [0.25, 0.3) is 0 Å². The Bertz CT molecular complexity index is 449. The zero-order valence-corrected chi connectivity index (χ0v) is 11.5. The Kier molecular flexibility index (Phi) is 4.27. The maximum Gasteiger partial charge on any atom is 0.251 e. The number of halogens is 1. The lowest BCUT2D eigenvalue weighted by molar-refractivity contribution is 0.0938. The van der Waals surface area contributed by atoms with Crippen molar-refractivity contribution in [3.8, 4) is 0 Å². The van der Waals surface area contributed by atoms with Crippen molar-refractivity contribution in [1.29, 1.82) is 0 Å². The van der Waals surface area contributed by atoms with Gasteiger partial charge in [-0.25, -0.2) is 4.39 Å². The summed E-state index contributed by atoms with van der Waals surface area (Å²) in [6, 6.07) is 4.75. The quantitative estimate of drug-likeness (QED) is 0.911. The molecule has 0 spiro atoms. The lowest BCUT2D eigenvalue weighted by Gasteiger charge is -2.19. The van der Waals surface area contributed by atoms with Crippen molar-refractivity contribution in [2.75, 3.05) is 6.26 Å². The fourth-order valence-electron chi connectivity index (χ4n) is 2.41. The van der Waals surface area contributed by atoms with E-state index in [9.17, 15) is 9.18 Å². The van der Waals surface area contributed by atoms with Crippen molar-refractivity contribution in [2.24, 2.45) is 0 Å². The van der Waals surface area contributed by atoms with Gasteiger partial charge in [-0.05, 0) is 49.8 Å². The summed E-state index contributed by atoms with van der Waals surface area (Å²) in [6.45, 7) is 1.67. The van der Waals surface area contributed by atoms with E-state index in [-0.39, 0.29) is 17.8 Å². The first-order valence-corrected chi connectivity index (χ1v) is 7.50. The Balaban J connectivity index is 2.05. The largest absolute Gasteiger partial charge is 0.348 e. The fraction of sp³-hybridized carbons (Fsp3) is 0.500. The summed E-state index contributed by atoms with van der Waals surface area (Å²) >= 11 is 1.81. The molecule has 0 aromatic heterocycles. The van der Waals surface area contributed by atoms with Crippen LogP contribution < -0.4 is 5.32 Å². The summed E-state index contributed by atoms with van der Waals surface area (Å²) in [4.78, 5) is 12.1. The second kappa shape index (κ2) is 5.74. The van der Waals surface area contributed by atoms with Crippen molar-refractivity contribution in [2.45, 2.75) is 37.5 Å². The van der Waals surface area contributed by atoms with E-state index >= 15 is 0 Å². The van der Waals surface area contributed by atoms with Crippen LogP contribution in [0.5, 0.6) is 0 Å². The predicted octanol–water partition coefficient (Wildman–Crippen LogP) is 3.15. The van der Waals surface area contributed by atoms with Crippen molar-refractivity contribution in [1.82, 2.24) is 5.32 Å². The molecule has 1 aliphatic carbocycles. The number of rotatable bonds is 3. The van der Waals surface area contributed by atoms with Crippen molar-refractivity contribution in [3.63, 3.8) is 0 Å². The minimum atomic E-state index is -0.269. The zero-order valence-electron chi connectivity index (χ0n) is 10.7. The van der Waals surface area contributed by atoms with Crippen LogP contribution in [0.1, 0.15) is 35.2 Å². The average Bonchev–Trinajstić information content (AvgIpc) is 2.79. The molecule has 2 rings (SSSR count). The molecular formula is C14H18FNOS. The maximum absolute atomic E-state index is 13.1. The first-order chi connectivity index (χ1) is 8.61. The van der Waals surface area contributed by atoms with Gasteiger partial charge in [-0.1, -0.05) is 6.42 Å². The summed E-state index contributed by atoms with van der Waals surface area (Å²) in [6.07, 6.45) is 5.45. The Morgan fingerprint density at radius 1 is 1.44 bits per heavy atom. The van der Waals surface area contributed by atoms with E-state index in [1.54, 1.807) is 19.1 Å². The number of thioether (sulfide) groups is 1. The topological polar surface area (TPSA) is 29.1 Å². The van der Waals surface area contributed by atoms with E-state index in [0.717, 1.165) is 12.8 Å². The second-order valence-electron chi connectivity index (χ2n) is 4.75. The van der Waals surface area contributed by atoms with Gasteiger partial charge in [-0.15, -0.1) is 0 Å². The third-order valence-corrected chi connectivity index (χ3v) is 4.66. The molecule has 1 aromatic rings. The van der Waals surface area contributed by atoms with E-state index in [1.807, 2.05) is 11.8 Å². The van der Waals surface area contributed by atoms with Gasteiger partial charge in [0.1, 0.15) is 5.82 Å². The summed E-state index contributed by atoms with van der Waals surface area (Å²) in [7, 11) is 0. The number of hydrogen-bond donors (Lipinski definition) is 1. The lowest BCUT2D eigenvalue weighted by atomic mass is 10.1. The summed E-state index contributed by atoms with van der Waals surface area (Å²) < 4.78 is 13.1. The Labute approximate surface area is 111 Å². The third kappa shape index (κ3) is 2.86. The van der Waals surface area contributed by atoms with Gasteiger partial charge in [0.05, 0.1) is 0 Å². The second-order valence-corrected chi connectivity index (χ2v) is 5.83. The molecule has 2 atom stereocenters. The lowest BCUT2D eigenvalue weighted by Crippen LogP contribution is -2.38. The number of carbonyl (C=O) groups excluding carboxylic acids is 1. The molecule has 0 saturated heterocycles. The molecule has 0 heterocycles. The first-order valence-electron chi connectivity index (χ1n) is 6.21. The average molecular weight is 267 g/mol. The van der Waals surface area contributed by atoms with E-state index in [2.05, 4.69) is 11.6 Å². The number of hydrogen-bond acceptors (Lipinski definition) is 2. The number of carbonyl (C=O) groups is 1. The van der Waals surface area contributed by atoms with E-state index in [4.69, 9.17) is 0 Å². The Morgan fingerprint density at radius 2 is 2.22 bits per heavy atom. The summed E-state index contributed by atoms with van der Waals surface area (Å²) in [5.74, 6) is -0.363. The SMILES string of the molecule is CSC1CCCC1NC(=O)c1ccc(F)c(C)c1. The summed E-state index contributed by atoms with van der Waals surface area (Å²) in [5.41, 5.74) is 1.05. The molecule has 1 N–H and O–H groups in total. The highest BCUT2D eigenvalue weighted by molar-refractivity contribution is 7.99. The van der Waals surface area contributed by atoms with Gasteiger partial charge in [0.2, 0.25) is 0 Å². The van der Waals surface area contributed by atoms with Crippen LogP contribution in [-0.2, 0) is 0 Å². The predicted molar refractivity (Wildman–Crippen MR) is 73.5 cm³/mol. The molecule has 0 bridgehead atoms. The Morgan fingerprint density at radius 3 is 2.89 bits per heavy atom. The molecule has 1 fully saturated rings. The molecule has 4 heteroatoms. The minimum absolute atomic E-state index is 0.0935. The molecule has 2 nitrogen and oxygen atoms in total. The van der Waals surface area contributed by atoms with Crippen molar-refractivity contribution < 1.29 is 9.18 Å². The van der Waals surface area contributed by atoms with Gasteiger partial charge in [0, 0.05) is 16.9 Å². The highest BCUT2D eigenvalue weighted by Crippen LogP contribution is 2.28. The van der Waals surface area contributed by atoms with Crippen LogP contribution in [-0.4, -0.2) is 23.5 Å². The van der Waals surface area contributed by atoms with Crippen LogP contribution in [0, 0.1) is 12.7 Å². The Hall–Kier alpha value is -1.03. The molecule has 1 saturated carbocycles. The highest BCUT2D eigenvalue weighted by atomic mass is 32.2. The van der Waals surface area contributed by atoms with Gasteiger partial charge in [-0.3, -0.25) is 4.79 Å². The zero-order chi connectivity index (χ0) is 13.1. The monoisotopic (exact) mass is 267 g/mol. The normalized spacial score (nSPS) is 23.1. The van der Waals surface area contributed by atoms with Crippen LogP contribution in [0.4, 0.5) is 4.39 Å². The molecule has 2 unspecified atom stereocenters. The molecule has 98 valence electrons. The van der Waals surface area contributed by atoms with Gasteiger partial charge >= 0.3 is 0 Å². The number of nitrogens with one attached hydrogen (secondary N) is 1. The summed E-state index contributed by atoms with van der Waals surface area (Å²) in [5, 5.41) is 3.57. The van der Waals surface area contributed by atoms with E-state index in [0.29, 0.717) is 16.4 Å². The minimum Gasteiger partial charge on any atom is -0.348 e. The van der Waals surface area contributed by atoms with E-state index in [1.165, 1.54) is 12.5 Å². The standard InChI is InChI=1S/C14H18FNOS/c1-9-8-10(6-7-11(9)15)14(17)16-12-4-3-5-13(12)18-2/h6-8,12-13H,3-5H2,1-2H3,(H,16,17). The third-order valence-electron chi connectivity index (χ3n) is 3.49. The van der Waals surface area contributed by atoms with Crippen LogP contribution in [0.2, 0.25) is 0 Å².